The van der Waals surface area contributed by atoms with Gasteiger partial charge in [0, 0.05) is 19.0 Å². The number of benzene rings is 1. The molecule has 1 N–H and O–H groups in total. The van der Waals surface area contributed by atoms with Crippen LogP contribution < -0.4 is 5.32 Å². The third-order valence-corrected chi connectivity index (χ3v) is 2.07. The third-order valence-electron chi connectivity index (χ3n) is 2.07. The van der Waals surface area contributed by atoms with E-state index in [1.54, 1.807) is 6.92 Å². The first kappa shape index (κ1) is 12.4. The molecule has 0 radical (unpaired) electrons. The molecular weight excluding hydrogens is 212 g/mol. The van der Waals surface area contributed by atoms with Crippen LogP contribution >= 0.6 is 0 Å². The van der Waals surface area contributed by atoms with Crippen LogP contribution in [0.2, 0.25) is 0 Å². The van der Waals surface area contributed by atoms with E-state index < -0.39 is 11.6 Å². The Hall–Kier alpha value is -1.71. The van der Waals surface area contributed by atoms with E-state index in [1.165, 1.54) is 31.2 Å². The van der Waals surface area contributed by atoms with E-state index >= 15 is 0 Å². The number of carbonyl (C=O) groups is 1. The van der Waals surface area contributed by atoms with E-state index in [9.17, 15) is 13.6 Å². The van der Waals surface area contributed by atoms with Crippen molar-refractivity contribution in [3.63, 3.8) is 0 Å². The molecule has 1 rings (SSSR count). The van der Waals surface area contributed by atoms with Gasteiger partial charge in [-0.05, 0) is 18.6 Å². The first-order valence-corrected chi connectivity index (χ1v) is 4.88. The van der Waals surface area contributed by atoms with Crippen molar-refractivity contribution in [1.82, 2.24) is 5.32 Å². The van der Waals surface area contributed by atoms with Crippen LogP contribution in [0.1, 0.15) is 18.1 Å². The zero-order valence-corrected chi connectivity index (χ0v) is 9.18. The van der Waals surface area contributed by atoms with Crippen molar-refractivity contribution < 1.29 is 13.6 Å². The quantitative estimate of drug-likeness (QED) is 0.841. The highest BCUT2D eigenvalue weighted by Crippen LogP contribution is 2.17. The lowest BCUT2D eigenvalue weighted by molar-refractivity contribution is -0.118. The predicted octanol–water partition coefficient (Wildman–Crippen LogP) is 2.42. The third kappa shape index (κ3) is 3.15. The first-order valence-electron chi connectivity index (χ1n) is 4.88. The SMILES string of the molecule is CC(=O)NCC=Cc1c(F)ccc(C)c1F. The number of rotatable bonds is 3. The van der Waals surface area contributed by atoms with Crippen molar-refractivity contribution >= 4 is 12.0 Å². The highest BCUT2D eigenvalue weighted by atomic mass is 19.1. The Labute approximate surface area is 93.0 Å². The fourth-order valence-electron chi connectivity index (χ4n) is 1.21. The summed E-state index contributed by atoms with van der Waals surface area (Å²) < 4.78 is 26.7. The average molecular weight is 225 g/mol. The lowest BCUT2D eigenvalue weighted by atomic mass is 10.1. The highest BCUT2D eigenvalue weighted by molar-refractivity contribution is 5.73. The van der Waals surface area contributed by atoms with E-state index in [4.69, 9.17) is 0 Å². The van der Waals surface area contributed by atoms with Gasteiger partial charge in [-0.25, -0.2) is 8.78 Å². The number of hydrogen-bond donors (Lipinski definition) is 1. The Bertz CT molecular complexity index is 427. The molecule has 0 aliphatic rings. The molecule has 0 saturated carbocycles. The summed E-state index contributed by atoms with van der Waals surface area (Å²) in [6.45, 7) is 3.20. The Morgan fingerprint density at radius 2 is 2.12 bits per heavy atom. The summed E-state index contributed by atoms with van der Waals surface area (Å²) in [6, 6.07) is 2.60. The van der Waals surface area contributed by atoms with Crippen LogP contribution in [0.4, 0.5) is 8.78 Å². The van der Waals surface area contributed by atoms with Crippen molar-refractivity contribution in [2.24, 2.45) is 0 Å². The molecule has 0 fully saturated rings. The minimum atomic E-state index is -0.609. The normalized spacial score (nSPS) is 10.8. The number of carbonyl (C=O) groups excluding carboxylic acids is 1. The number of halogens is 2. The molecule has 1 aromatic rings. The van der Waals surface area contributed by atoms with Crippen LogP contribution in [0, 0.1) is 18.6 Å². The largest absolute Gasteiger partial charge is 0.353 e. The molecular formula is C12H13F2NO. The molecule has 0 unspecified atom stereocenters. The molecule has 4 heteroatoms. The fraction of sp³-hybridized carbons (Fsp3) is 0.250. The second-order valence-electron chi connectivity index (χ2n) is 3.43. The summed E-state index contributed by atoms with van der Waals surface area (Å²) in [4.78, 5) is 10.5. The van der Waals surface area contributed by atoms with Gasteiger partial charge in [-0.15, -0.1) is 0 Å². The molecule has 86 valence electrons. The lowest BCUT2D eigenvalue weighted by Crippen LogP contribution is -2.19. The Balaban J connectivity index is 2.80. The van der Waals surface area contributed by atoms with Crippen LogP contribution in [-0.4, -0.2) is 12.5 Å². The average Bonchev–Trinajstić information content (AvgIpc) is 2.22. The molecule has 0 spiro atoms. The lowest BCUT2D eigenvalue weighted by Gasteiger charge is -2.02. The van der Waals surface area contributed by atoms with Gasteiger partial charge in [-0.2, -0.15) is 0 Å². The highest BCUT2D eigenvalue weighted by Gasteiger charge is 2.07. The fourth-order valence-corrected chi connectivity index (χ4v) is 1.21. The van der Waals surface area contributed by atoms with Crippen LogP contribution in [-0.2, 0) is 4.79 Å². The summed E-state index contributed by atoms with van der Waals surface area (Å²) in [5.74, 6) is -1.36. The summed E-state index contributed by atoms with van der Waals surface area (Å²) in [5.41, 5.74) is 0.311. The summed E-state index contributed by atoms with van der Waals surface area (Å²) in [6.07, 6.45) is 2.83. The van der Waals surface area contributed by atoms with Crippen molar-refractivity contribution in [1.29, 1.82) is 0 Å². The standard InChI is InChI=1S/C12H13F2NO/c1-8-5-6-11(13)10(12(8)14)4-3-7-15-9(2)16/h3-6H,7H2,1-2H3,(H,15,16). The van der Waals surface area contributed by atoms with Crippen LogP contribution in [0.15, 0.2) is 18.2 Å². The van der Waals surface area contributed by atoms with Gasteiger partial charge in [-0.1, -0.05) is 18.2 Å². The van der Waals surface area contributed by atoms with Crippen molar-refractivity contribution in [2.45, 2.75) is 13.8 Å². The van der Waals surface area contributed by atoms with Gasteiger partial charge in [0.15, 0.2) is 0 Å². The maximum Gasteiger partial charge on any atom is 0.217 e. The molecule has 0 atom stereocenters. The summed E-state index contributed by atoms with van der Waals surface area (Å²) >= 11 is 0. The van der Waals surface area contributed by atoms with E-state index in [0.29, 0.717) is 5.56 Å². The number of aryl methyl sites for hydroxylation is 1. The Kier molecular flexibility index (Phi) is 4.17. The van der Waals surface area contributed by atoms with Crippen molar-refractivity contribution in [2.75, 3.05) is 6.54 Å². The molecule has 0 heterocycles. The predicted molar refractivity (Wildman–Crippen MR) is 58.8 cm³/mol. The Morgan fingerprint density at radius 1 is 1.44 bits per heavy atom. The summed E-state index contributed by atoms with van der Waals surface area (Å²) in [5, 5.41) is 2.50. The molecule has 0 aromatic heterocycles. The Morgan fingerprint density at radius 3 is 2.75 bits per heavy atom. The van der Waals surface area contributed by atoms with Crippen molar-refractivity contribution in [3.8, 4) is 0 Å². The van der Waals surface area contributed by atoms with Gasteiger partial charge in [0.1, 0.15) is 11.6 Å². The minimum absolute atomic E-state index is 0.0784. The summed E-state index contributed by atoms with van der Waals surface area (Å²) in [7, 11) is 0. The van der Waals surface area contributed by atoms with Crippen LogP contribution in [0.5, 0.6) is 0 Å². The molecule has 0 aliphatic heterocycles. The number of hydrogen-bond acceptors (Lipinski definition) is 1. The van der Waals surface area contributed by atoms with Gasteiger partial charge in [-0.3, -0.25) is 4.79 Å². The number of amides is 1. The number of nitrogens with one attached hydrogen (secondary N) is 1. The molecule has 1 aromatic carbocycles. The second-order valence-corrected chi connectivity index (χ2v) is 3.43. The monoisotopic (exact) mass is 225 g/mol. The molecule has 16 heavy (non-hydrogen) atoms. The van der Waals surface area contributed by atoms with Crippen LogP contribution in [0.3, 0.4) is 0 Å². The molecule has 0 aliphatic carbocycles. The van der Waals surface area contributed by atoms with E-state index in [0.717, 1.165) is 0 Å². The maximum atomic E-state index is 13.5. The maximum absolute atomic E-state index is 13.5. The van der Waals surface area contributed by atoms with Gasteiger partial charge >= 0.3 is 0 Å². The smallest absolute Gasteiger partial charge is 0.217 e. The molecule has 1 amide bonds. The van der Waals surface area contributed by atoms with E-state index in [-0.39, 0.29) is 18.0 Å². The van der Waals surface area contributed by atoms with Crippen molar-refractivity contribution in [3.05, 3.63) is 41.0 Å². The molecule has 2 nitrogen and oxygen atoms in total. The van der Waals surface area contributed by atoms with Gasteiger partial charge < -0.3 is 5.32 Å². The zero-order chi connectivity index (χ0) is 12.1. The second kappa shape index (κ2) is 5.39. The molecule has 0 saturated heterocycles. The topological polar surface area (TPSA) is 29.1 Å². The van der Waals surface area contributed by atoms with Gasteiger partial charge in [0.25, 0.3) is 0 Å². The van der Waals surface area contributed by atoms with Gasteiger partial charge in [0.05, 0.1) is 0 Å². The minimum Gasteiger partial charge on any atom is -0.353 e. The van der Waals surface area contributed by atoms with E-state index in [1.807, 2.05) is 0 Å². The van der Waals surface area contributed by atoms with Crippen LogP contribution in [0.25, 0.3) is 6.08 Å². The van der Waals surface area contributed by atoms with E-state index in [2.05, 4.69) is 5.32 Å². The zero-order valence-electron chi connectivity index (χ0n) is 9.18. The van der Waals surface area contributed by atoms with Gasteiger partial charge in [0.2, 0.25) is 5.91 Å². The first-order chi connectivity index (χ1) is 7.52. The molecule has 0 bridgehead atoms.